The number of hydrogen-bond donors (Lipinski definition) is 1. The van der Waals surface area contributed by atoms with Crippen LogP contribution in [0, 0.1) is 11.8 Å². The molecule has 108 valence electrons. The van der Waals surface area contributed by atoms with E-state index in [2.05, 4.69) is 16.7 Å². The Morgan fingerprint density at radius 3 is 2.85 bits per heavy atom. The van der Waals surface area contributed by atoms with Crippen LogP contribution in [-0.2, 0) is 0 Å². The van der Waals surface area contributed by atoms with Gasteiger partial charge in [-0.1, -0.05) is 11.8 Å². The van der Waals surface area contributed by atoms with Gasteiger partial charge in [0.2, 0.25) is 0 Å². The van der Waals surface area contributed by atoms with Crippen molar-refractivity contribution in [2.24, 2.45) is 0 Å². The van der Waals surface area contributed by atoms with Crippen LogP contribution < -0.4 is 4.74 Å². The molecule has 1 N–H and O–H groups in total. The molecule has 0 amide bonds. The number of benzene rings is 1. The van der Waals surface area contributed by atoms with Gasteiger partial charge in [0.05, 0.1) is 0 Å². The number of hydrogen-bond acceptors (Lipinski definition) is 4. The molecule has 0 spiro atoms. The lowest BCUT2D eigenvalue weighted by Crippen LogP contribution is -2.30. The van der Waals surface area contributed by atoms with Gasteiger partial charge in [-0.25, -0.2) is 0 Å². The first-order valence-corrected chi connectivity index (χ1v) is 8.16. The number of aliphatic hydroxyl groups excluding tert-OH is 1. The zero-order valence-electron chi connectivity index (χ0n) is 11.7. The maximum Gasteiger partial charge on any atom is 0.119 e. The second-order valence-corrected chi connectivity index (χ2v) is 5.87. The standard InChI is InChI=1S/C16H21NO2S/c18-11-1-3-15-4-6-16(7-5-15)19-12-9-17-8-2-13-20-14-10-17/h4-7,18H,2,8-14H2. The van der Waals surface area contributed by atoms with Crippen LogP contribution in [0.15, 0.2) is 24.3 Å². The quantitative estimate of drug-likeness (QED) is 0.858. The summed E-state index contributed by atoms with van der Waals surface area (Å²) in [4.78, 5) is 2.47. The Hall–Kier alpha value is -1.15. The highest BCUT2D eigenvalue weighted by Crippen LogP contribution is 2.12. The predicted molar refractivity (Wildman–Crippen MR) is 84.3 cm³/mol. The van der Waals surface area contributed by atoms with Gasteiger partial charge < -0.3 is 9.84 Å². The molecular weight excluding hydrogens is 270 g/mol. The van der Waals surface area contributed by atoms with E-state index in [1.165, 1.54) is 31.0 Å². The van der Waals surface area contributed by atoms with E-state index in [-0.39, 0.29) is 6.61 Å². The van der Waals surface area contributed by atoms with Crippen molar-refractivity contribution in [3.63, 3.8) is 0 Å². The molecule has 0 radical (unpaired) electrons. The fourth-order valence-electron chi connectivity index (χ4n) is 2.09. The molecule has 2 rings (SSSR count). The van der Waals surface area contributed by atoms with E-state index in [9.17, 15) is 0 Å². The topological polar surface area (TPSA) is 32.7 Å². The van der Waals surface area contributed by atoms with Crippen LogP contribution in [0.2, 0.25) is 0 Å². The second-order valence-electron chi connectivity index (χ2n) is 4.64. The largest absolute Gasteiger partial charge is 0.492 e. The summed E-state index contributed by atoms with van der Waals surface area (Å²) >= 11 is 2.04. The zero-order chi connectivity index (χ0) is 14.0. The molecule has 20 heavy (non-hydrogen) atoms. The molecule has 0 atom stereocenters. The third-order valence-corrected chi connectivity index (χ3v) is 4.21. The Balaban J connectivity index is 1.73. The lowest BCUT2D eigenvalue weighted by atomic mass is 10.2. The first kappa shape index (κ1) is 15.2. The number of rotatable bonds is 4. The van der Waals surface area contributed by atoms with Crippen LogP contribution in [0.25, 0.3) is 0 Å². The van der Waals surface area contributed by atoms with Gasteiger partial charge in [-0.05, 0) is 43.0 Å². The molecule has 0 aromatic heterocycles. The Morgan fingerprint density at radius 1 is 1.20 bits per heavy atom. The van der Waals surface area contributed by atoms with Crippen molar-refractivity contribution in [2.45, 2.75) is 6.42 Å². The Bertz CT molecular complexity index is 442. The third kappa shape index (κ3) is 5.46. The average molecular weight is 291 g/mol. The van der Waals surface area contributed by atoms with Crippen LogP contribution in [0.4, 0.5) is 0 Å². The Labute approximate surface area is 125 Å². The van der Waals surface area contributed by atoms with Crippen LogP contribution >= 0.6 is 11.8 Å². The minimum absolute atomic E-state index is 0.105. The summed E-state index contributed by atoms with van der Waals surface area (Å²) in [6.07, 6.45) is 1.28. The van der Waals surface area contributed by atoms with Gasteiger partial charge in [-0.3, -0.25) is 4.90 Å². The molecule has 1 saturated heterocycles. The maximum atomic E-state index is 8.64. The van der Waals surface area contributed by atoms with E-state index in [1.807, 2.05) is 36.0 Å². The van der Waals surface area contributed by atoms with Crippen LogP contribution in [0.5, 0.6) is 5.75 Å². The van der Waals surface area contributed by atoms with Gasteiger partial charge >= 0.3 is 0 Å². The summed E-state index contributed by atoms with van der Waals surface area (Å²) in [5.74, 6) is 8.90. The number of nitrogens with zero attached hydrogens (tertiary/aromatic N) is 1. The fraction of sp³-hybridized carbons (Fsp3) is 0.500. The van der Waals surface area contributed by atoms with Crippen molar-refractivity contribution in [1.29, 1.82) is 0 Å². The monoisotopic (exact) mass is 291 g/mol. The van der Waals surface area contributed by atoms with Gasteiger partial charge in [0.15, 0.2) is 0 Å². The fourth-order valence-corrected chi connectivity index (χ4v) is 3.01. The molecule has 1 aliphatic rings. The van der Waals surface area contributed by atoms with E-state index >= 15 is 0 Å². The van der Waals surface area contributed by atoms with Crippen molar-refractivity contribution in [3.05, 3.63) is 29.8 Å². The maximum absolute atomic E-state index is 8.64. The van der Waals surface area contributed by atoms with Gasteiger partial charge in [0.1, 0.15) is 19.0 Å². The molecule has 1 fully saturated rings. The molecular formula is C16H21NO2S. The SMILES string of the molecule is OCC#Cc1ccc(OCCN2CCCSCC2)cc1. The van der Waals surface area contributed by atoms with Crippen molar-refractivity contribution >= 4 is 11.8 Å². The van der Waals surface area contributed by atoms with Gasteiger partial charge in [-0.2, -0.15) is 11.8 Å². The molecule has 0 saturated carbocycles. The second kappa shape index (κ2) is 8.91. The zero-order valence-corrected chi connectivity index (χ0v) is 12.5. The van der Waals surface area contributed by atoms with E-state index in [0.717, 1.165) is 24.5 Å². The van der Waals surface area contributed by atoms with Crippen LogP contribution in [-0.4, -0.2) is 54.4 Å². The summed E-state index contributed by atoms with van der Waals surface area (Å²) < 4.78 is 5.76. The molecule has 1 aliphatic heterocycles. The number of aliphatic hydroxyl groups is 1. The molecule has 3 nitrogen and oxygen atoms in total. The normalized spacial score (nSPS) is 16.1. The summed E-state index contributed by atoms with van der Waals surface area (Å²) in [6.45, 7) is 3.97. The van der Waals surface area contributed by atoms with Crippen LogP contribution in [0.3, 0.4) is 0 Å². The van der Waals surface area contributed by atoms with Crippen molar-refractivity contribution < 1.29 is 9.84 Å². The molecule has 4 heteroatoms. The van der Waals surface area contributed by atoms with Crippen molar-refractivity contribution in [3.8, 4) is 17.6 Å². The molecule has 1 aromatic rings. The van der Waals surface area contributed by atoms with E-state index < -0.39 is 0 Å². The van der Waals surface area contributed by atoms with E-state index in [0.29, 0.717) is 0 Å². The Morgan fingerprint density at radius 2 is 2.05 bits per heavy atom. The average Bonchev–Trinajstić information content (AvgIpc) is 2.75. The highest BCUT2D eigenvalue weighted by molar-refractivity contribution is 7.99. The molecule has 0 aliphatic carbocycles. The van der Waals surface area contributed by atoms with Crippen molar-refractivity contribution in [1.82, 2.24) is 4.90 Å². The molecule has 1 aromatic carbocycles. The smallest absolute Gasteiger partial charge is 0.119 e. The highest BCUT2D eigenvalue weighted by Gasteiger charge is 2.08. The molecule has 0 bridgehead atoms. The minimum Gasteiger partial charge on any atom is -0.492 e. The van der Waals surface area contributed by atoms with E-state index in [4.69, 9.17) is 9.84 Å². The summed E-state index contributed by atoms with van der Waals surface area (Å²) in [5, 5.41) is 8.64. The van der Waals surface area contributed by atoms with Gasteiger partial charge in [-0.15, -0.1) is 0 Å². The van der Waals surface area contributed by atoms with Crippen molar-refractivity contribution in [2.75, 3.05) is 44.4 Å². The van der Waals surface area contributed by atoms with Crippen LogP contribution in [0.1, 0.15) is 12.0 Å². The molecule has 0 unspecified atom stereocenters. The van der Waals surface area contributed by atoms with E-state index in [1.54, 1.807) is 0 Å². The highest BCUT2D eigenvalue weighted by atomic mass is 32.2. The lowest BCUT2D eigenvalue weighted by molar-refractivity contribution is 0.219. The first-order valence-electron chi connectivity index (χ1n) is 7.01. The van der Waals surface area contributed by atoms with Gasteiger partial charge in [0, 0.05) is 24.4 Å². The summed E-state index contributed by atoms with van der Waals surface area (Å²) in [5.41, 5.74) is 0.899. The first-order chi connectivity index (χ1) is 9.88. The minimum atomic E-state index is -0.105. The number of ether oxygens (including phenoxy) is 1. The lowest BCUT2D eigenvalue weighted by Gasteiger charge is -2.19. The summed E-state index contributed by atoms with van der Waals surface area (Å²) in [6, 6.07) is 7.69. The number of thioether (sulfide) groups is 1. The predicted octanol–water partition coefficient (Wildman–Crippen LogP) is 1.85. The Kier molecular flexibility index (Phi) is 6.79. The molecule has 1 heterocycles. The summed E-state index contributed by atoms with van der Waals surface area (Å²) in [7, 11) is 0. The third-order valence-electron chi connectivity index (χ3n) is 3.16. The van der Waals surface area contributed by atoms with Gasteiger partial charge in [0.25, 0.3) is 0 Å².